The normalized spacial score (nSPS) is 12.7. The van der Waals surface area contributed by atoms with E-state index < -0.39 is 21.6 Å². The van der Waals surface area contributed by atoms with Crippen molar-refractivity contribution in [1.82, 2.24) is 4.98 Å². The van der Waals surface area contributed by atoms with Crippen LogP contribution in [-0.4, -0.2) is 25.4 Å². The van der Waals surface area contributed by atoms with Gasteiger partial charge in [-0.3, -0.25) is 4.79 Å². The van der Waals surface area contributed by atoms with Crippen LogP contribution in [0.3, 0.4) is 0 Å². The zero-order valence-electron chi connectivity index (χ0n) is 17.1. The van der Waals surface area contributed by atoms with Crippen LogP contribution in [-0.2, 0) is 27.5 Å². The Bertz CT molecular complexity index is 1380. The summed E-state index contributed by atoms with van der Waals surface area (Å²) in [6, 6.07) is 15.9. The predicted molar refractivity (Wildman–Crippen MR) is 115 cm³/mol. The molecule has 0 aliphatic rings. The second-order valence-electron chi connectivity index (χ2n) is 7.59. The Morgan fingerprint density at radius 2 is 1.62 bits per heavy atom. The first-order chi connectivity index (χ1) is 15.2. The van der Waals surface area contributed by atoms with Crippen LogP contribution < -0.4 is 0 Å². The summed E-state index contributed by atoms with van der Waals surface area (Å²) < 4.78 is 55.8. The van der Waals surface area contributed by atoms with E-state index in [4.69, 9.17) is 4.42 Å². The molecule has 32 heavy (non-hydrogen) atoms. The van der Waals surface area contributed by atoms with Crippen molar-refractivity contribution in [3.63, 3.8) is 0 Å². The molecule has 1 unspecified atom stereocenters. The highest BCUT2D eigenvalue weighted by atomic mass is 32.2. The van der Waals surface area contributed by atoms with Gasteiger partial charge in [0, 0.05) is 18.2 Å². The van der Waals surface area contributed by atoms with Gasteiger partial charge in [-0.2, -0.15) is 0 Å². The fraction of sp³-hybridized carbons (Fsp3) is 0.167. The van der Waals surface area contributed by atoms with Crippen molar-refractivity contribution in [3.05, 3.63) is 95.4 Å². The predicted octanol–water partition coefficient (Wildman–Crippen LogP) is 4.65. The van der Waals surface area contributed by atoms with Gasteiger partial charge in [0.05, 0.1) is 11.3 Å². The Morgan fingerprint density at radius 3 is 2.28 bits per heavy atom. The number of benzene rings is 3. The second kappa shape index (κ2) is 8.63. The van der Waals surface area contributed by atoms with Crippen LogP contribution in [0.5, 0.6) is 0 Å². The quantitative estimate of drug-likeness (QED) is 0.406. The fourth-order valence-corrected chi connectivity index (χ4v) is 4.15. The van der Waals surface area contributed by atoms with Crippen LogP contribution in [0.4, 0.5) is 8.78 Å². The summed E-state index contributed by atoms with van der Waals surface area (Å²) in [7, 11) is -3.38. The lowest BCUT2D eigenvalue weighted by atomic mass is 9.87. The number of Topliss-reactive ketones (excluding diaryl/α,β-unsaturated/α-hetero) is 1. The number of halogens is 2. The number of aromatic nitrogens is 1. The van der Waals surface area contributed by atoms with Crippen LogP contribution in [0.2, 0.25) is 0 Å². The lowest BCUT2D eigenvalue weighted by molar-refractivity contribution is -0.120. The number of rotatable bonds is 7. The molecule has 0 amide bonds. The van der Waals surface area contributed by atoms with Gasteiger partial charge in [-0.15, -0.1) is 0 Å². The topological polar surface area (TPSA) is 77.2 Å². The molecule has 0 aliphatic carbocycles. The van der Waals surface area contributed by atoms with Gasteiger partial charge in [-0.05, 0) is 53.9 Å². The first-order valence-electron chi connectivity index (χ1n) is 9.81. The molecule has 0 N–H and O–H groups in total. The van der Waals surface area contributed by atoms with E-state index in [0.717, 1.165) is 11.8 Å². The monoisotopic (exact) mass is 455 g/mol. The highest BCUT2D eigenvalue weighted by Gasteiger charge is 2.24. The lowest BCUT2D eigenvalue weighted by Gasteiger charge is -2.16. The van der Waals surface area contributed by atoms with E-state index in [-0.39, 0.29) is 40.8 Å². The van der Waals surface area contributed by atoms with E-state index in [9.17, 15) is 22.0 Å². The molecule has 164 valence electrons. The zero-order valence-corrected chi connectivity index (χ0v) is 17.9. The lowest BCUT2D eigenvalue weighted by Crippen LogP contribution is -2.18. The molecule has 5 nitrogen and oxygen atoms in total. The molecule has 8 heteroatoms. The molecule has 4 aromatic rings. The van der Waals surface area contributed by atoms with Crippen molar-refractivity contribution in [3.8, 4) is 0 Å². The molecule has 0 fully saturated rings. The number of hydrogen-bond donors (Lipinski definition) is 0. The van der Waals surface area contributed by atoms with Gasteiger partial charge in [0.15, 0.2) is 15.4 Å². The fourth-order valence-electron chi connectivity index (χ4n) is 3.52. The summed E-state index contributed by atoms with van der Waals surface area (Å²) in [6.07, 6.45) is 1.27. The summed E-state index contributed by atoms with van der Waals surface area (Å²) >= 11 is 0. The van der Waals surface area contributed by atoms with E-state index in [1.165, 1.54) is 42.5 Å². The summed E-state index contributed by atoms with van der Waals surface area (Å²) in [5, 5.41) is 0. The van der Waals surface area contributed by atoms with Gasteiger partial charge in [0.1, 0.15) is 22.9 Å². The van der Waals surface area contributed by atoms with Crippen LogP contribution in [0.25, 0.3) is 11.1 Å². The molecule has 1 aromatic heterocycles. The first kappa shape index (κ1) is 21.8. The van der Waals surface area contributed by atoms with E-state index in [1.807, 2.05) is 0 Å². The Balaban J connectivity index is 1.65. The van der Waals surface area contributed by atoms with Crippen LogP contribution in [0.15, 0.2) is 76.0 Å². The minimum atomic E-state index is -3.38. The Hall–Kier alpha value is -3.39. The van der Waals surface area contributed by atoms with Gasteiger partial charge < -0.3 is 4.42 Å². The number of hydrogen-bond acceptors (Lipinski definition) is 5. The van der Waals surface area contributed by atoms with Crippen molar-refractivity contribution < 1.29 is 26.4 Å². The maximum atomic E-state index is 13.4. The number of nitrogens with zero attached hydrogens (tertiary/aromatic N) is 1. The number of carbonyl (C=O) groups is 1. The van der Waals surface area contributed by atoms with E-state index in [0.29, 0.717) is 11.1 Å². The number of carbonyl (C=O) groups excluding carboxylic acids is 1. The Morgan fingerprint density at radius 1 is 0.969 bits per heavy atom. The molecular formula is C24H19F2NO4S. The molecule has 0 saturated heterocycles. The minimum absolute atomic E-state index is 0.129. The summed E-state index contributed by atoms with van der Waals surface area (Å²) in [5.41, 5.74) is 2.06. The molecule has 0 spiro atoms. The third-order valence-electron chi connectivity index (χ3n) is 5.17. The van der Waals surface area contributed by atoms with Crippen LogP contribution in [0, 0.1) is 11.6 Å². The van der Waals surface area contributed by atoms with Crippen LogP contribution in [0.1, 0.15) is 22.9 Å². The first-order valence-corrected chi connectivity index (χ1v) is 11.7. The molecule has 0 radical (unpaired) electrons. The smallest absolute Gasteiger partial charge is 0.202 e. The maximum Gasteiger partial charge on any atom is 0.202 e. The highest BCUT2D eigenvalue weighted by molar-refractivity contribution is 7.90. The molecule has 0 saturated carbocycles. The maximum absolute atomic E-state index is 13.4. The van der Waals surface area contributed by atoms with Crippen molar-refractivity contribution >= 4 is 26.7 Å². The minimum Gasteiger partial charge on any atom is -0.440 e. The molecule has 1 atom stereocenters. The second-order valence-corrected chi connectivity index (χ2v) is 9.60. The molecular weight excluding hydrogens is 436 g/mol. The largest absolute Gasteiger partial charge is 0.440 e. The third-order valence-corrected chi connectivity index (χ3v) is 6.30. The van der Waals surface area contributed by atoms with Crippen molar-refractivity contribution in [2.24, 2.45) is 0 Å². The van der Waals surface area contributed by atoms with E-state index in [1.54, 1.807) is 24.3 Å². The summed E-state index contributed by atoms with van der Waals surface area (Å²) in [6.45, 7) is 0. The molecule has 1 heterocycles. The summed E-state index contributed by atoms with van der Waals surface area (Å²) in [4.78, 5) is 17.6. The highest BCUT2D eigenvalue weighted by Crippen LogP contribution is 2.26. The van der Waals surface area contributed by atoms with Gasteiger partial charge in [-0.1, -0.05) is 24.3 Å². The van der Waals surface area contributed by atoms with Gasteiger partial charge in [0.25, 0.3) is 0 Å². The van der Waals surface area contributed by atoms with Gasteiger partial charge in [-0.25, -0.2) is 22.2 Å². The average molecular weight is 455 g/mol. The van der Waals surface area contributed by atoms with Crippen molar-refractivity contribution in [2.75, 3.05) is 6.26 Å². The molecule has 4 rings (SSSR count). The molecule has 0 bridgehead atoms. The van der Waals surface area contributed by atoms with E-state index in [2.05, 4.69) is 4.98 Å². The number of ketones is 1. The standard InChI is InChI=1S/C24H19F2NO4S/c1-32(29,30)19-9-4-16(5-10-19)20(12-15-2-6-17(25)7-3-15)22(28)14-24-27-21-11-8-18(26)13-23(21)31-24/h2-11,13,20H,12,14H2,1H3. The van der Waals surface area contributed by atoms with E-state index >= 15 is 0 Å². The number of fused-ring (bicyclic) bond motifs is 1. The molecule has 0 aliphatic heterocycles. The third kappa shape index (κ3) is 4.91. The summed E-state index contributed by atoms with van der Waals surface area (Å²) in [5.74, 6) is -1.54. The van der Waals surface area contributed by atoms with Gasteiger partial charge in [0.2, 0.25) is 5.89 Å². The van der Waals surface area contributed by atoms with Crippen molar-refractivity contribution in [1.29, 1.82) is 0 Å². The van der Waals surface area contributed by atoms with Gasteiger partial charge >= 0.3 is 0 Å². The average Bonchev–Trinajstić information content (AvgIpc) is 3.14. The number of sulfone groups is 1. The van der Waals surface area contributed by atoms with Crippen molar-refractivity contribution in [2.45, 2.75) is 23.7 Å². The SMILES string of the molecule is CS(=O)(=O)c1ccc(C(Cc2ccc(F)cc2)C(=O)Cc2nc3ccc(F)cc3o2)cc1. The Labute approximate surface area is 183 Å². The Kier molecular flexibility index (Phi) is 5.88. The molecule has 3 aromatic carbocycles. The van der Waals surface area contributed by atoms with Crippen LogP contribution >= 0.6 is 0 Å². The zero-order chi connectivity index (χ0) is 22.9. The number of oxazole rings is 1.